The Hall–Kier alpha value is -2.96. The maximum absolute atomic E-state index is 12.8. The van der Waals surface area contributed by atoms with E-state index in [2.05, 4.69) is 23.5 Å². The van der Waals surface area contributed by atoms with Crippen LogP contribution < -0.4 is 11.1 Å². The molecule has 1 radical (unpaired) electrons. The highest BCUT2D eigenvalue weighted by Crippen LogP contribution is 2.23. The van der Waals surface area contributed by atoms with Crippen molar-refractivity contribution < 1.29 is 9.45 Å². The Bertz CT molecular complexity index is 949. The van der Waals surface area contributed by atoms with Gasteiger partial charge < -0.3 is 15.7 Å². The third-order valence-electron chi connectivity index (χ3n) is 4.48. The van der Waals surface area contributed by atoms with Gasteiger partial charge in [-0.05, 0) is 40.2 Å². The molecule has 0 aliphatic carbocycles. The Morgan fingerprint density at radius 3 is 2.96 bits per heavy atom. The minimum absolute atomic E-state index is 0.169. The Morgan fingerprint density at radius 1 is 1.37 bits per heavy atom. The number of fused-ring (bicyclic) bond motifs is 1. The summed E-state index contributed by atoms with van der Waals surface area (Å²) >= 11 is 0. The summed E-state index contributed by atoms with van der Waals surface area (Å²) in [5.74, 6) is -0.699. The average Bonchev–Trinajstić information content (AvgIpc) is 3.14. The van der Waals surface area contributed by atoms with Crippen molar-refractivity contribution in [2.75, 3.05) is 18.5 Å². The van der Waals surface area contributed by atoms with Crippen molar-refractivity contribution in [2.45, 2.75) is 0 Å². The molecule has 0 saturated heterocycles. The van der Waals surface area contributed by atoms with E-state index in [1.54, 1.807) is 32.0 Å². The first-order valence-electron chi connectivity index (χ1n) is 8.65. The molecule has 1 aliphatic rings. The summed E-state index contributed by atoms with van der Waals surface area (Å²) in [6.45, 7) is 8.23. The molecular weight excluding hydrogens is 337 g/mol. The fourth-order valence-electron chi connectivity index (χ4n) is 2.97. The Balaban J connectivity index is 1.83. The standard InChI is InChI=1S/C21H21BN3O2/c1-3-14(9-17-13-27-22-20(17)4-2)19(11-23)21(26)25-18-6-5-16-12-24-8-7-15(16)10-18/h3-10,12,19H,1-2,11,13,23H2,(H,25,26)/b14-9+. The van der Waals surface area contributed by atoms with Crippen molar-refractivity contribution in [2.24, 2.45) is 11.7 Å². The predicted molar refractivity (Wildman–Crippen MR) is 110 cm³/mol. The van der Waals surface area contributed by atoms with E-state index in [0.717, 1.165) is 27.4 Å². The van der Waals surface area contributed by atoms with E-state index in [1.807, 2.05) is 30.3 Å². The molecule has 1 amide bonds. The van der Waals surface area contributed by atoms with Crippen LogP contribution in [-0.4, -0.2) is 31.5 Å². The van der Waals surface area contributed by atoms with Gasteiger partial charge in [0.25, 0.3) is 0 Å². The molecule has 1 atom stereocenters. The first-order chi connectivity index (χ1) is 13.2. The number of benzene rings is 1. The van der Waals surface area contributed by atoms with Gasteiger partial charge in [0.2, 0.25) is 5.91 Å². The lowest BCUT2D eigenvalue weighted by molar-refractivity contribution is -0.118. The number of allylic oxidation sites excluding steroid dienone is 3. The minimum atomic E-state index is -0.519. The van der Waals surface area contributed by atoms with Crippen LogP contribution in [0.1, 0.15) is 0 Å². The summed E-state index contributed by atoms with van der Waals surface area (Å²) < 4.78 is 5.33. The van der Waals surface area contributed by atoms with Crippen LogP contribution in [0.4, 0.5) is 5.69 Å². The van der Waals surface area contributed by atoms with Gasteiger partial charge >= 0.3 is 7.48 Å². The van der Waals surface area contributed by atoms with Gasteiger partial charge in [0.15, 0.2) is 0 Å². The molecule has 0 spiro atoms. The lowest BCUT2D eigenvalue weighted by Gasteiger charge is -2.17. The number of anilines is 1. The topological polar surface area (TPSA) is 77.2 Å². The van der Waals surface area contributed by atoms with Crippen LogP contribution in [0.2, 0.25) is 0 Å². The number of hydrogen-bond acceptors (Lipinski definition) is 4. The summed E-state index contributed by atoms with van der Waals surface area (Å²) in [5, 5.41) is 4.97. The number of amides is 1. The molecule has 2 heterocycles. The van der Waals surface area contributed by atoms with Gasteiger partial charge in [0, 0.05) is 30.0 Å². The molecule has 3 rings (SSSR count). The zero-order valence-electron chi connectivity index (χ0n) is 15.0. The number of aromatic nitrogens is 1. The van der Waals surface area contributed by atoms with Crippen LogP contribution in [-0.2, 0) is 9.45 Å². The monoisotopic (exact) mass is 358 g/mol. The second kappa shape index (κ2) is 8.62. The van der Waals surface area contributed by atoms with Crippen molar-refractivity contribution >= 4 is 29.8 Å². The van der Waals surface area contributed by atoms with Crippen molar-refractivity contribution in [3.8, 4) is 0 Å². The Kier molecular flexibility index (Phi) is 6.01. The van der Waals surface area contributed by atoms with Gasteiger partial charge in [-0.2, -0.15) is 0 Å². The molecular formula is C21H21BN3O2. The molecule has 1 aromatic carbocycles. The van der Waals surface area contributed by atoms with Gasteiger partial charge in [-0.25, -0.2) is 0 Å². The van der Waals surface area contributed by atoms with Crippen LogP contribution in [0, 0.1) is 5.92 Å². The maximum atomic E-state index is 12.8. The van der Waals surface area contributed by atoms with Gasteiger partial charge in [-0.15, -0.1) is 0 Å². The zero-order chi connectivity index (χ0) is 19.2. The highest BCUT2D eigenvalue weighted by molar-refractivity contribution is 6.41. The van der Waals surface area contributed by atoms with Gasteiger partial charge in [-0.1, -0.05) is 37.5 Å². The first kappa shape index (κ1) is 18.8. The molecule has 27 heavy (non-hydrogen) atoms. The fraction of sp³-hybridized carbons (Fsp3) is 0.143. The summed E-state index contributed by atoms with van der Waals surface area (Å²) in [5.41, 5.74) is 9.20. The zero-order valence-corrected chi connectivity index (χ0v) is 15.0. The predicted octanol–water partition coefficient (Wildman–Crippen LogP) is 2.95. The number of pyridine rings is 1. The Morgan fingerprint density at radius 2 is 2.22 bits per heavy atom. The van der Waals surface area contributed by atoms with Crippen molar-refractivity contribution in [3.63, 3.8) is 0 Å². The molecule has 5 nitrogen and oxygen atoms in total. The van der Waals surface area contributed by atoms with E-state index in [1.165, 1.54) is 0 Å². The molecule has 1 unspecified atom stereocenters. The number of rotatable bonds is 7. The molecule has 3 N–H and O–H groups in total. The van der Waals surface area contributed by atoms with Crippen molar-refractivity contribution in [3.05, 3.63) is 84.7 Å². The second-order valence-corrected chi connectivity index (χ2v) is 6.18. The van der Waals surface area contributed by atoms with E-state index in [-0.39, 0.29) is 12.5 Å². The van der Waals surface area contributed by atoms with Crippen molar-refractivity contribution in [1.82, 2.24) is 4.98 Å². The summed E-state index contributed by atoms with van der Waals surface area (Å²) in [6, 6.07) is 7.59. The molecule has 0 bridgehead atoms. The fourth-order valence-corrected chi connectivity index (χ4v) is 2.97. The van der Waals surface area contributed by atoms with E-state index >= 15 is 0 Å². The lowest BCUT2D eigenvalue weighted by atomic mass is 9.85. The largest absolute Gasteiger partial charge is 0.430 e. The Labute approximate surface area is 159 Å². The third kappa shape index (κ3) is 4.24. The van der Waals surface area contributed by atoms with Crippen LogP contribution in [0.15, 0.2) is 84.7 Å². The summed E-state index contributed by atoms with van der Waals surface area (Å²) in [4.78, 5) is 16.9. The molecule has 2 aromatic rings. The normalized spacial score (nSPS) is 15.4. The number of hydrogen-bond donors (Lipinski definition) is 2. The van der Waals surface area contributed by atoms with Crippen LogP contribution in [0.5, 0.6) is 0 Å². The molecule has 0 fully saturated rings. The third-order valence-corrected chi connectivity index (χ3v) is 4.48. The molecule has 6 heteroatoms. The SMILES string of the molecule is C=CC1=C(/C=C(\C=C)C(CN)C(=O)Nc2ccc3cnccc3c2)CO[B]1. The average molecular weight is 358 g/mol. The number of nitrogens with two attached hydrogens (primary N) is 1. The first-order valence-corrected chi connectivity index (χ1v) is 8.65. The molecule has 135 valence electrons. The van der Waals surface area contributed by atoms with Crippen LogP contribution in [0.25, 0.3) is 10.8 Å². The number of nitrogens with one attached hydrogen (secondary N) is 1. The highest BCUT2D eigenvalue weighted by atomic mass is 16.4. The quantitative estimate of drug-likeness (QED) is 0.589. The van der Waals surface area contributed by atoms with Gasteiger partial charge in [0.1, 0.15) is 0 Å². The van der Waals surface area contributed by atoms with E-state index in [9.17, 15) is 4.79 Å². The van der Waals surface area contributed by atoms with Crippen LogP contribution in [0.3, 0.4) is 0 Å². The number of nitrogens with zero attached hydrogens (tertiary/aromatic N) is 1. The van der Waals surface area contributed by atoms with Gasteiger partial charge in [-0.3, -0.25) is 9.78 Å². The maximum Gasteiger partial charge on any atom is 0.330 e. The van der Waals surface area contributed by atoms with Crippen molar-refractivity contribution in [1.29, 1.82) is 0 Å². The lowest BCUT2D eigenvalue weighted by Crippen LogP contribution is -2.30. The van der Waals surface area contributed by atoms with E-state index in [0.29, 0.717) is 12.3 Å². The van der Waals surface area contributed by atoms with E-state index in [4.69, 9.17) is 10.4 Å². The number of carbonyl (C=O) groups is 1. The summed E-state index contributed by atoms with van der Waals surface area (Å²) in [7, 11) is 1.65. The highest BCUT2D eigenvalue weighted by Gasteiger charge is 2.22. The van der Waals surface area contributed by atoms with Crippen LogP contribution >= 0.6 is 0 Å². The number of carbonyl (C=O) groups excluding carboxylic acids is 1. The second-order valence-electron chi connectivity index (χ2n) is 6.18. The summed E-state index contributed by atoms with van der Waals surface area (Å²) in [6.07, 6.45) is 8.79. The molecule has 0 saturated carbocycles. The smallest absolute Gasteiger partial charge is 0.330 e. The van der Waals surface area contributed by atoms with Gasteiger partial charge in [0.05, 0.1) is 12.5 Å². The minimum Gasteiger partial charge on any atom is -0.430 e. The molecule has 1 aliphatic heterocycles. The van der Waals surface area contributed by atoms with E-state index < -0.39 is 5.92 Å². The molecule has 1 aromatic heterocycles.